The van der Waals surface area contributed by atoms with E-state index in [1.165, 1.54) is 30.3 Å². The number of benzene rings is 3. The van der Waals surface area contributed by atoms with Crippen LogP contribution in [-0.4, -0.2) is 33.6 Å². The van der Waals surface area contributed by atoms with Crippen LogP contribution in [0.3, 0.4) is 0 Å². The van der Waals surface area contributed by atoms with Gasteiger partial charge in [-0.05, 0) is 42.5 Å². The molecule has 0 atom stereocenters. The molecule has 0 unspecified atom stereocenters. The number of methoxy groups -OCH3 is 1. The summed E-state index contributed by atoms with van der Waals surface area (Å²) in [7, 11) is -1.90. The van der Waals surface area contributed by atoms with Crippen molar-refractivity contribution in [3.05, 3.63) is 82.9 Å². The van der Waals surface area contributed by atoms with Crippen LogP contribution in [0.4, 0.5) is 11.4 Å². The molecule has 0 aliphatic carbocycles. The maximum Gasteiger partial charge on any atom is 0.255 e. The molecule has 3 aromatic rings. The molecule has 0 saturated heterocycles. The third-order valence-corrected chi connectivity index (χ3v) is 5.99. The topological polar surface area (TPSA) is 102 Å². The highest BCUT2D eigenvalue weighted by molar-refractivity contribution is 7.90. The van der Waals surface area contributed by atoms with Gasteiger partial charge >= 0.3 is 0 Å². The van der Waals surface area contributed by atoms with Crippen LogP contribution in [-0.2, 0) is 21.1 Å². The van der Waals surface area contributed by atoms with E-state index >= 15 is 0 Å². The molecule has 0 spiro atoms. The monoisotopic (exact) mass is 472 g/mol. The molecule has 0 heterocycles. The fourth-order valence-electron chi connectivity index (χ4n) is 2.98. The summed E-state index contributed by atoms with van der Waals surface area (Å²) < 4.78 is 28.7. The summed E-state index contributed by atoms with van der Waals surface area (Å²) >= 11 is 6.27. The zero-order chi connectivity index (χ0) is 23.3. The molecule has 2 amide bonds. The number of sulfone groups is 1. The van der Waals surface area contributed by atoms with Gasteiger partial charge in [-0.2, -0.15) is 0 Å². The molecule has 166 valence electrons. The first-order valence-electron chi connectivity index (χ1n) is 9.50. The number of anilines is 2. The Morgan fingerprint density at radius 2 is 1.72 bits per heavy atom. The Kier molecular flexibility index (Phi) is 7.17. The second-order valence-corrected chi connectivity index (χ2v) is 9.41. The average molecular weight is 473 g/mol. The second-order valence-electron chi connectivity index (χ2n) is 6.99. The van der Waals surface area contributed by atoms with Gasteiger partial charge in [-0.25, -0.2) is 8.42 Å². The molecule has 0 aromatic heterocycles. The third kappa shape index (κ3) is 5.87. The highest BCUT2D eigenvalue weighted by Crippen LogP contribution is 2.27. The lowest BCUT2D eigenvalue weighted by Crippen LogP contribution is -2.15. The fraction of sp³-hybridized carbons (Fsp3) is 0.130. The molecule has 0 fully saturated rings. The Balaban J connectivity index is 1.69. The average Bonchev–Trinajstić information content (AvgIpc) is 2.75. The smallest absolute Gasteiger partial charge is 0.255 e. The molecule has 32 heavy (non-hydrogen) atoms. The van der Waals surface area contributed by atoms with Gasteiger partial charge in [0.1, 0.15) is 5.75 Å². The van der Waals surface area contributed by atoms with Crippen molar-refractivity contribution in [1.29, 1.82) is 0 Å². The summed E-state index contributed by atoms with van der Waals surface area (Å²) in [6, 6.07) is 17.6. The number of hydrogen-bond donors (Lipinski definition) is 2. The van der Waals surface area contributed by atoms with E-state index in [-0.39, 0.29) is 27.8 Å². The zero-order valence-electron chi connectivity index (χ0n) is 17.4. The number of ether oxygens (including phenoxy) is 1. The second kappa shape index (κ2) is 9.84. The maximum atomic E-state index is 12.5. The predicted molar refractivity (Wildman–Crippen MR) is 124 cm³/mol. The molecule has 9 heteroatoms. The number of hydrogen-bond acceptors (Lipinski definition) is 5. The molecular weight excluding hydrogens is 452 g/mol. The van der Waals surface area contributed by atoms with Crippen molar-refractivity contribution >= 4 is 44.6 Å². The van der Waals surface area contributed by atoms with Crippen molar-refractivity contribution in [3.63, 3.8) is 0 Å². The van der Waals surface area contributed by atoms with Gasteiger partial charge in [0.2, 0.25) is 5.91 Å². The number of halogens is 1. The summed E-state index contributed by atoms with van der Waals surface area (Å²) in [5.74, 6) is -0.135. The van der Waals surface area contributed by atoms with Crippen LogP contribution in [0, 0.1) is 0 Å². The van der Waals surface area contributed by atoms with E-state index in [9.17, 15) is 18.0 Å². The lowest BCUT2D eigenvalue weighted by atomic mass is 10.1. The van der Waals surface area contributed by atoms with Gasteiger partial charge in [-0.1, -0.05) is 35.9 Å². The largest absolute Gasteiger partial charge is 0.496 e. The standard InChI is InChI=1S/C23H21ClN2O5S/c1-31-21-9-4-3-6-15(21)13-22(27)25-17-10-11-20(19(24)14-17)26-23(28)16-7-5-8-18(12-16)32(2,29)30/h3-12,14H,13H2,1-2H3,(H,25,27)(H,26,28). The van der Waals surface area contributed by atoms with Crippen molar-refractivity contribution in [1.82, 2.24) is 0 Å². The van der Waals surface area contributed by atoms with Crippen LogP contribution in [0.25, 0.3) is 0 Å². The van der Waals surface area contributed by atoms with Crippen molar-refractivity contribution in [2.24, 2.45) is 0 Å². The number of nitrogens with one attached hydrogen (secondary N) is 2. The first-order valence-corrected chi connectivity index (χ1v) is 11.8. The van der Waals surface area contributed by atoms with Gasteiger partial charge in [-0.3, -0.25) is 9.59 Å². The summed E-state index contributed by atoms with van der Waals surface area (Å²) in [6.07, 6.45) is 1.19. The number of rotatable bonds is 7. The molecule has 2 N–H and O–H groups in total. The number of para-hydroxylation sites is 1. The fourth-order valence-corrected chi connectivity index (χ4v) is 3.88. The molecule has 0 aliphatic heterocycles. The van der Waals surface area contributed by atoms with E-state index in [1.807, 2.05) is 18.2 Å². The van der Waals surface area contributed by atoms with Crippen LogP contribution < -0.4 is 15.4 Å². The molecule has 0 bridgehead atoms. The van der Waals surface area contributed by atoms with Crippen LogP contribution >= 0.6 is 11.6 Å². The van der Waals surface area contributed by atoms with Gasteiger partial charge in [0, 0.05) is 23.1 Å². The van der Waals surface area contributed by atoms with Gasteiger partial charge in [0.25, 0.3) is 5.91 Å². The van der Waals surface area contributed by atoms with E-state index in [0.717, 1.165) is 11.8 Å². The van der Waals surface area contributed by atoms with Crippen LogP contribution in [0.1, 0.15) is 15.9 Å². The van der Waals surface area contributed by atoms with Gasteiger partial charge in [0.05, 0.1) is 29.1 Å². The maximum absolute atomic E-state index is 12.5. The SMILES string of the molecule is COc1ccccc1CC(=O)Nc1ccc(NC(=O)c2cccc(S(C)(=O)=O)c2)c(Cl)c1. The number of carbonyl (C=O) groups is 2. The third-order valence-electron chi connectivity index (χ3n) is 4.57. The van der Waals surface area contributed by atoms with Crippen molar-refractivity contribution in [2.45, 2.75) is 11.3 Å². The molecule has 0 radical (unpaired) electrons. The zero-order valence-corrected chi connectivity index (χ0v) is 19.0. The number of carbonyl (C=O) groups excluding carboxylic acids is 2. The van der Waals surface area contributed by atoms with E-state index in [4.69, 9.17) is 16.3 Å². The molecule has 0 saturated carbocycles. The minimum Gasteiger partial charge on any atom is -0.496 e. The Morgan fingerprint density at radius 3 is 2.41 bits per heavy atom. The summed E-state index contributed by atoms with van der Waals surface area (Å²) in [6.45, 7) is 0. The minimum absolute atomic E-state index is 0.0457. The first-order chi connectivity index (χ1) is 15.2. The van der Waals surface area contributed by atoms with Gasteiger partial charge in [0.15, 0.2) is 9.84 Å². The van der Waals surface area contributed by atoms with Gasteiger partial charge < -0.3 is 15.4 Å². The molecular formula is C23H21ClN2O5S. The quantitative estimate of drug-likeness (QED) is 0.537. The summed E-state index contributed by atoms with van der Waals surface area (Å²) in [5.41, 5.74) is 1.72. The van der Waals surface area contributed by atoms with Crippen LogP contribution in [0.15, 0.2) is 71.6 Å². The Hall–Kier alpha value is -3.36. The Bertz CT molecular complexity index is 1270. The molecule has 3 aromatic carbocycles. The van der Waals surface area contributed by atoms with Crippen molar-refractivity contribution in [3.8, 4) is 5.75 Å². The summed E-state index contributed by atoms with van der Waals surface area (Å²) in [4.78, 5) is 25.0. The Morgan fingerprint density at radius 1 is 0.969 bits per heavy atom. The predicted octanol–water partition coefficient (Wildman–Crippen LogP) is 4.19. The van der Waals surface area contributed by atoms with Crippen LogP contribution in [0.2, 0.25) is 5.02 Å². The minimum atomic E-state index is -3.44. The Labute approximate surface area is 191 Å². The van der Waals surface area contributed by atoms with E-state index < -0.39 is 15.7 Å². The van der Waals surface area contributed by atoms with Gasteiger partial charge in [-0.15, -0.1) is 0 Å². The molecule has 0 aliphatic rings. The number of amides is 2. The first kappa shape index (κ1) is 23.3. The molecule has 7 nitrogen and oxygen atoms in total. The summed E-state index contributed by atoms with van der Waals surface area (Å²) in [5, 5.41) is 5.62. The normalized spacial score (nSPS) is 11.0. The molecule has 3 rings (SSSR count). The van der Waals surface area contributed by atoms with E-state index in [2.05, 4.69) is 10.6 Å². The lowest BCUT2D eigenvalue weighted by molar-refractivity contribution is -0.115. The van der Waals surface area contributed by atoms with Crippen molar-refractivity contribution < 1.29 is 22.7 Å². The van der Waals surface area contributed by atoms with Crippen LogP contribution in [0.5, 0.6) is 5.75 Å². The lowest BCUT2D eigenvalue weighted by Gasteiger charge is -2.11. The highest BCUT2D eigenvalue weighted by atomic mass is 35.5. The van der Waals surface area contributed by atoms with Crippen molar-refractivity contribution in [2.75, 3.05) is 24.0 Å². The van der Waals surface area contributed by atoms with E-state index in [1.54, 1.807) is 25.3 Å². The van der Waals surface area contributed by atoms with E-state index in [0.29, 0.717) is 17.1 Å². The highest BCUT2D eigenvalue weighted by Gasteiger charge is 2.14.